The fraction of sp³-hybridized carbons (Fsp3) is 0.568. The van der Waals surface area contributed by atoms with E-state index < -0.39 is 0 Å². The zero-order valence-electron chi connectivity index (χ0n) is 27.7. The van der Waals surface area contributed by atoms with E-state index in [9.17, 15) is 14.7 Å². The van der Waals surface area contributed by atoms with Crippen LogP contribution in [0.15, 0.2) is 48.7 Å². The molecular weight excluding hydrogens is 578 g/mol. The van der Waals surface area contributed by atoms with E-state index in [0.29, 0.717) is 24.6 Å². The summed E-state index contributed by atoms with van der Waals surface area (Å²) < 4.78 is 5.57. The molecule has 4 aliphatic rings. The molecule has 0 saturated carbocycles. The third-order valence-corrected chi connectivity index (χ3v) is 10.7. The van der Waals surface area contributed by atoms with Gasteiger partial charge in [-0.2, -0.15) is 0 Å². The Balaban J connectivity index is 1.09. The number of rotatable bonds is 8. The van der Waals surface area contributed by atoms with E-state index in [-0.39, 0.29) is 23.9 Å². The van der Waals surface area contributed by atoms with Gasteiger partial charge in [0.1, 0.15) is 5.75 Å². The standard InChI is InChI=1S/C37H51N5O4/c1-26-22-29(23-27(2)35(26)43)25-31(36(44)41-18-16-40(17-19-41)32-11-20-46-21-12-32)24-28(3)39-13-9-33(10-14-39)42-15-8-30-6-4-5-7-34(30)38-37(42)45/h4-7,22-23,31-33,43H,3,8-21,24-25H2,1-2H3,(H,38,45)/t31-/m1/s1. The number of likely N-dealkylation sites (tertiary alicyclic amines) is 1. The lowest BCUT2D eigenvalue weighted by atomic mass is 9.90. The molecule has 0 aliphatic carbocycles. The summed E-state index contributed by atoms with van der Waals surface area (Å²) in [6, 6.07) is 12.8. The Labute approximate surface area is 274 Å². The molecular formula is C37H51N5O4. The molecule has 0 spiro atoms. The second kappa shape index (κ2) is 14.5. The maximum Gasteiger partial charge on any atom is 0.322 e. The molecule has 1 atom stereocenters. The number of phenols is 1. The van der Waals surface area contributed by atoms with Crippen LogP contribution in [0.3, 0.4) is 0 Å². The van der Waals surface area contributed by atoms with Gasteiger partial charge in [-0.15, -0.1) is 0 Å². The zero-order chi connectivity index (χ0) is 32.2. The Kier molecular flexibility index (Phi) is 10.2. The first kappa shape index (κ1) is 32.4. The molecule has 0 aromatic heterocycles. The minimum absolute atomic E-state index is 0.00992. The molecule has 0 unspecified atom stereocenters. The second-order valence-corrected chi connectivity index (χ2v) is 13.7. The highest BCUT2D eigenvalue weighted by atomic mass is 16.5. The van der Waals surface area contributed by atoms with Crippen molar-refractivity contribution < 1.29 is 19.4 Å². The molecule has 9 nitrogen and oxygen atoms in total. The van der Waals surface area contributed by atoms with Crippen molar-refractivity contribution >= 4 is 17.6 Å². The number of ether oxygens (including phenoxy) is 1. The van der Waals surface area contributed by atoms with Crippen LogP contribution in [0.5, 0.6) is 5.75 Å². The number of urea groups is 1. The smallest absolute Gasteiger partial charge is 0.322 e. The molecule has 2 aromatic carbocycles. The maximum absolute atomic E-state index is 14.2. The quantitative estimate of drug-likeness (QED) is 0.430. The molecule has 3 saturated heterocycles. The first-order valence-corrected chi connectivity index (χ1v) is 17.2. The molecule has 4 heterocycles. The summed E-state index contributed by atoms with van der Waals surface area (Å²) in [4.78, 5) is 36.3. The predicted molar refractivity (Wildman–Crippen MR) is 181 cm³/mol. The summed E-state index contributed by atoms with van der Waals surface area (Å²) in [6.07, 6.45) is 5.97. The summed E-state index contributed by atoms with van der Waals surface area (Å²) in [5, 5.41) is 13.5. The summed E-state index contributed by atoms with van der Waals surface area (Å²) >= 11 is 0. The second-order valence-electron chi connectivity index (χ2n) is 13.7. The van der Waals surface area contributed by atoms with Crippen LogP contribution in [0.25, 0.3) is 0 Å². The summed E-state index contributed by atoms with van der Waals surface area (Å²) in [7, 11) is 0. The number of hydrogen-bond donors (Lipinski definition) is 2. The van der Waals surface area contributed by atoms with Gasteiger partial charge in [-0.1, -0.05) is 36.9 Å². The molecule has 4 aliphatic heterocycles. The van der Waals surface area contributed by atoms with Crippen LogP contribution in [0.2, 0.25) is 0 Å². The monoisotopic (exact) mass is 629 g/mol. The van der Waals surface area contributed by atoms with E-state index in [4.69, 9.17) is 4.74 Å². The van der Waals surface area contributed by atoms with Crippen molar-refractivity contribution in [3.63, 3.8) is 0 Å². The van der Waals surface area contributed by atoms with E-state index in [1.54, 1.807) is 0 Å². The molecule has 248 valence electrons. The van der Waals surface area contributed by atoms with Crippen LogP contribution >= 0.6 is 0 Å². The van der Waals surface area contributed by atoms with E-state index in [1.807, 2.05) is 49.1 Å². The number of anilines is 1. The van der Waals surface area contributed by atoms with Crippen LogP contribution in [0, 0.1) is 19.8 Å². The Morgan fingerprint density at radius 2 is 1.61 bits per heavy atom. The van der Waals surface area contributed by atoms with Crippen molar-refractivity contribution in [2.45, 2.75) is 70.9 Å². The zero-order valence-corrected chi connectivity index (χ0v) is 27.7. The van der Waals surface area contributed by atoms with Gasteiger partial charge in [-0.3, -0.25) is 9.69 Å². The minimum atomic E-state index is -0.224. The Bertz CT molecular complexity index is 1380. The largest absolute Gasteiger partial charge is 0.507 e. The number of aryl methyl sites for hydroxylation is 2. The number of hydrogen-bond acceptors (Lipinski definition) is 6. The number of para-hydroxylation sites is 1. The van der Waals surface area contributed by atoms with Crippen LogP contribution in [-0.4, -0.2) is 108 Å². The number of aromatic hydroxyl groups is 1. The third-order valence-electron chi connectivity index (χ3n) is 10.7. The summed E-state index contributed by atoms with van der Waals surface area (Å²) in [5.74, 6) is 0.301. The van der Waals surface area contributed by atoms with Crippen molar-refractivity contribution in [3.05, 3.63) is 70.9 Å². The first-order chi connectivity index (χ1) is 22.3. The van der Waals surface area contributed by atoms with Gasteiger partial charge in [0.05, 0.1) is 0 Å². The number of allylic oxidation sites excluding steroid dienone is 1. The fourth-order valence-corrected chi connectivity index (χ4v) is 7.96. The Morgan fingerprint density at radius 3 is 2.30 bits per heavy atom. The lowest BCUT2D eigenvalue weighted by molar-refractivity contribution is -0.138. The van der Waals surface area contributed by atoms with Gasteiger partial charge in [-0.25, -0.2) is 4.79 Å². The van der Waals surface area contributed by atoms with Crippen LogP contribution in [0.1, 0.15) is 54.4 Å². The van der Waals surface area contributed by atoms with Gasteiger partial charge in [0, 0.05) is 88.4 Å². The van der Waals surface area contributed by atoms with Crippen molar-refractivity contribution in [3.8, 4) is 5.75 Å². The topological polar surface area (TPSA) is 88.6 Å². The number of carbonyl (C=O) groups excluding carboxylic acids is 2. The maximum atomic E-state index is 14.2. The number of amides is 3. The number of phenolic OH excluding ortho intramolecular Hbond substituents is 1. The molecule has 3 amide bonds. The van der Waals surface area contributed by atoms with Crippen molar-refractivity contribution in [1.82, 2.24) is 19.6 Å². The number of benzene rings is 2. The average Bonchev–Trinajstić information content (AvgIpc) is 3.25. The molecule has 2 aromatic rings. The average molecular weight is 630 g/mol. The van der Waals surface area contributed by atoms with E-state index in [2.05, 4.69) is 32.7 Å². The van der Waals surface area contributed by atoms with E-state index in [0.717, 1.165) is 119 Å². The highest BCUT2D eigenvalue weighted by Gasteiger charge is 2.34. The minimum Gasteiger partial charge on any atom is -0.507 e. The molecule has 46 heavy (non-hydrogen) atoms. The Morgan fingerprint density at radius 1 is 0.935 bits per heavy atom. The lowest BCUT2D eigenvalue weighted by Gasteiger charge is -2.42. The van der Waals surface area contributed by atoms with Gasteiger partial charge in [0.2, 0.25) is 5.91 Å². The molecule has 3 fully saturated rings. The number of nitrogens with one attached hydrogen (secondary N) is 1. The number of piperidine rings is 1. The molecule has 2 N–H and O–H groups in total. The highest BCUT2D eigenvalue weighted by Crippen LogP contribution is 2.30. The van der Waals surface area contributed by atoms with Crippen LogP contribution < -0.4 is 5.32 Å². The first-order valence-electron chi connectivity index (χ1n) is 17.2. The van der Waals surface area contributed by atoms with Crippen molar-refractivity contribution in [2.24, 2.45) is 5.92 Å². The van der Waals surface area contributed by atoms with E-state index >= 15 is 0 Å². The molecule has 0 bridgehead atoms. The summed E-state index contributed by atoms with van der Waals surface area (Å²) in [6.45, 7) is 15.7. The summed E-state index contributed by atoms with van der Waals surface area (Å²) in [5.41, 5.74) is 5.86. The number of fused-ring (bicyclic) bond motifs is 1. The third kappa shape index (κ3) is 7.36. The van der Waals surface area contributed by atoms with Gasteiger partial charge >= 0.3 is 6.03 Å². The molecule has 6 rings (SSSR count). The SMILES string of the molecule is C=C(C[C@H](Cc1cc(C)c(O)c(C)c1)C(=O)N1CCN(C2CCOCC2)CC1)N1CCC(N2CCc3ccccc3NC2=O)CC1. The van der Waals surface area contributed by atoms with Crippen molar-refractivity contribution in [1.29, 1.82) is 0 Å². The lowest BCUT2D eigenvalue weighted by Crippen LogP contribution is -2.54. The van der Waals surface area contributed by atoms with Crippen LogP contribution in [-0.2, 0) is 22.4 Å². The number of carbonyl (C=O) groups is 2. The van der Waals surface area contributed by atoms with Crippen LogP contribution in [0.4, 0.5) is 10.5 Å². The van der Waals surface area contributed by atoms with E-state index in [1.165, 1.54) is 5.56 Å². The molecule has 9 heteroatoms. The Hall–Kier alpha value is -3.56. The van der Waals surface area contributed by atoms with Gasteiger partial charge in [0.25, 0.3) is 0 Å². The fourth-order valence-electron chi connectivity index (χ4n) is 7.96. The predicted octanol–water partition coefficient (Wildman–Crippen LogP) is 4.95. The molecule has 0 radical (unpaired) electrons. The number of nitrogens with zero attached hydrogens (tertiary/aromatic N) is 4. The van der Waals surface area contributed by atoms with Gasteiger partial charge in [0.15, 0.2) is 0 Å². The number of piperazine rings is 1. The normalized spacial score (nSPS) is 21.0. The van der Waals surface area contributed by atoms with Crippen molar-refractivity contribution in [2.75, 3.05) is 64.3 Å². The van der Waals surface area contributed by atoms with Gasteiger partial charge < -0.3 is 29.9 Å². The van der Waals surface area contributed by atoms with Gasteiger partial charge in [-0.05, 0) is 87.1 Å². The highest BCUT2D eigenvalue weighted by molar-refractivity contribution is 5.91.